The van der Waals surface area contributed by atoms with E-state index in [1.54, 1.807) is 0 Å². The summed E-state index contributed by atoms with van der Waals surface area (Å²) < 4.78 is 0. The van der Waals surface area contributed by atoms with Gasteiger partial charge in [-0.3, -0.25) is 4.79 Å². The number of carboxylic acids is 1. The lowest BCUT2D eigenvalue weighted by Crippen LogP contribution is -2.24. The van der Waals surface area contributed by atoms with Crippen molar-refractivity contribution in [3.05, 3.63) is 29.8 Å². The Hall–Kier alpha value is -1.51. The van der Waals surface area contributed by atoms with Gasteiger partial charge in [-0.05, 0) is 37.0 Å². The van der Waals surface area contributed by atoms with Crippen LogP contribution in [0.1, 0.15) is 38.7 Å². The van der Waals surface area contributed by atoms with Crippen molar-refractivity contribution in [2.75, 3.05) is 18.0 Å². The first kappa shape index (κ1) is 14.6. The maximum Gasteiger partial charge on any atom is 0.303 e. The Morgan fingerprint density at radius 3 is 2.11 bits per heavy atom. The van der Waals surface area contributed by atoms with E-state index in [2.05, 4.69) is 30.9 Å². The van der Waals surface area contributed by atoms with Gasteiger partial charge in [0, 0.05) is 25.2 Å². The van der Waals surface area contributed by atoms with Gasteiger partial charge in [-0.2, -0.15) is 0 Å². The molecule has 1 aromatic rings. The highest BCUT2D eigenvalue weighted by Crippen LogP contribution is 2.17. The molecule has 1 aromatic carbocycles. The molecule has 100 valence electrons. The lowest BCUT2D eigenvalue weighted by molar-refractivity contribution is -0.136. The summed E-state index contributed by atoms with van der Waals surface area (Å²) >= 11 is 0. The van der Waals surface area contributed by atoms with Crippen molar-refractivity contribution in [2.24, 2.45) is 0 Å². The Morgan fingerprint density at radius 1 is 1.11 bits per heavy atom. The van der Waals surface area contributed by atoms with Gasteiger partial charge in [0.25, 0.3) is 0 Å². The van der Waals surface area contributed by atoms with E-state index in [0.29, 0.717) is 6.42 Å². The SMILES string of the molecule is CCCN(CCC)c1ccc(CCC(=O)O)cc1. The molecule has 0 aliphatic rings. The maximum atomic E-state index is 10.5. The molecule has 0 atom stereocenters. The zero-order chi connectivity index (χ0) is 13.4. The van der Waals surface area contributed by atoms with Crippen molar-refractivity contribution >= 4 is 11.7 Å². The first-order valence-corrected chi connectivity index (χ1v) is 6.73. The van der Waals surface area contributed by atoms with E-state index in [9.17, 15) is 4.79 Å². The summed E-state index contributed by atoms with van der Waals surface area (Å²) in [5.74, 6) is -0.738. The number of hydrogen-bond acceptors (Lipinski definition) is 2. The van der Waals surface area contributed by atoms with Crippen LogP contribution in [-0.4, -0.2) is 24.2 Å². The lowest BCUT2D eigenvalue weighted by Gasteiger charge is -2.23. The third kappa shape index (κ3) is 4.78. The van der Waals surface area contributed by atoms with E-state index in [1.165, 1.54) is 5.69 Å². The van der Waals surface area contributed by atoms with E-state index in [0.717, 1.165) is 31.5 Å². The van der Waals surface area contributed by atoms with E-state index in [4.69, 9.17) is 5.11 Å². The molecule has 0 amide bonds. The van der Waals surface area contributed by atoms with Crippen LogP contribution < -0.4 is 4.90 Å². The third-order valence-corrected chi connectivity index (χ3v) is 2.92. The second-order valence-electron chi connectivity index (χ2n) is 4.55. The number of anilines is 1. The highest BCUT2D eigenvalue weighted by Gasteiger charge is 2.05. The Morgan fingerprint density at radius 2 is 1.67 bits per heavy atom. The van der Waals surface area contributed by atoms with Crippen LogP contribution in [0.25, 0.3) is 0 Å². The number of benzene rings is 1. The minimum absolute atomic E-state index is 0.201. The molecule has 0 saturated heterocycles. The molecule has 0 bridgehead atoms. The fraction of sp³-hybridized carbons (Fsp3) is 0.533. The minimum Gasteiger partial charge on any atom is -0.481 e. The smallest absolute Gasteiger partial charge is 0.303 e. The number of hydrogen-bond donors (Lipinski definition) is 1. The lowest BCUT2D eigenvalue weighted by atomic mass is 10.1. The van der Waals surface area contributed by atoms with Crippen LogP contribution in [0.5, 0.6) is 0 Å². The first-order valence-electron chi connectivity index (χ1n) is 6.73. The average Bonchev–Trinajstić information content (AvgIpc) is 2.37. The van der Waals surface area contributed by atoms with Crippen LogP contribution in [0, 0.1) is 0 Å². The van der Waals surface area contributed by atoms with Crippen LogP contribution in [0.15, 0.2) is 24.3 Å². The van der Waals surface area contributed by atoms with Crippen molar-refractivity contribution in [1.82, 2.24) is 0 Å². The van der Waals surface area contributed by atoms with E-state index < -0.39 is 5.97 Å². The van der Waals surface area contributed by atoms with Gasteiger partial charge in [-0.25, -0.2) is 0 Å². The Labute approximate surface area is 109 Å². The van der Waals surface area contributed by atoms with Gasteiger partial charge in [0.2, 0.25) is 0 Å². The van der Waals surface area contributed by atoms with Gasteiger partial charge >= 0.3 is 5.97 Å². The number of carbonyl (C=O) groups is 1. The van der Waals surface area contributed by atoms with E-state index in [-0.39, 0.29) is 6.42 Å². The zero-order valence-corrected chi connectivity index (χ0v) is 11.4. The summed E-state index contributed by atoms with van der Waals surface area (Å²) in [5, 5.41) is 8.65. The van der Waals surface area contributed by atoms with Gasteiger partial charge < -0.3 is 10.0 Å². The van der Waals surface area contributed by atoms with E-state index >= 15 is 0 Å². The van der Waals surface area contributed by atoms with Gasteiger partial charge in [-0.15, -0.1) is 0 Å². The molecule has 3 heteroatoms. The Bertz CT molecular complexity index is 353. The summed E-state index contributed by atoms with van der Waals surface area (Å²) in [7, 11) is 0. The first-order chi connectivity index (χ1) is 8.67. The van der Waals surface area contributed by atoms with Crippen LogP contribution in [0.4, 0.5) is 5.69 Å². The van der Waals surface area contributed by atoms with Gasteiger partial charge in [0.05, 0.1) is 0 Å². The number of rotatable bonds is 8. The molecule has 0 aliphatic heterocycles. The highest BCUT2D eigenvalue weighted by atomic mass is 16.4. The van der Waals surface area contributed by atoms with Crippen LogP contribution >= 0.6 is 0 Å². The van der Waals surface area contributed by atoms with Crippen LogP contribution in [0.3, 0.4) is 0 Å². The molecular weight excluding hydrogens is 226 g/mol. The molecule has 1 rings (SSSR count). The predicted molar refractivity (Wildman–Crippen MR) is 75.2 cm³/mol. The number of aryl methyl sites for hydroxylation is 1. The average molecular weight is 249 g/mol. The molecule has 18 heavy (non-hydrogen) atoms. The molecule has 0 radical (unpaired) electrons. The van der Waals surface area contributed by atoms with Gasteiger partial charge in [-0.1, -0.05) is 26.0 Å². The molecule has 1 N–H and O–H groups in total. The molecule has 0 unspecified atom stereocenters. The molecule has 0 aromatic heterocycles. The second kappa shape index (κ2) is 7.75. The van der Waals surface area contributed by atoms with Crippen molar-refractivity contribution in [1.29, 1.82) is 0 Å². The fourth-order valence-electron chi connectivity index (χ4n) is 2.03. The molecule has 3 nitrogen and oxygen atoms in total. The number of aliphatic carboxylic acids is 1. The zero-order valence-electron chi connectivity index (χ0n) is 11.4. The summed E-state index contributed by atoms with van der Waals surface area (Å²) in [4.78, 5) is 12.9. The monoisotopic (exact) mass is 249 g/mol. The minimum atomic E-state index is -0.738. The third-order valence-electron chi connectivity index (χ3n) is 2.92. The van der Waals surface area contributed by atoms with Crippen molar-refractivity contribution in [3.63, 3.8) is 0 Å². The molecule has 0 saturated carbocycles. The molecule has 0 fully saturated rings. The van der Waals surface area contributed by atoms with Gasteiger partial charge in [0.15, 0.2) is 0 Å². The van der Waals surface area contributed by atoms with Crippen LogP contribution in [0.2, 0.25) is 0 Å². The Kier molecular flexibility index (Phi) is 6.26. The maximum absolute atomic E-state index is 10.5. The van der Waals surface area contributed by atoms with Gasteiger partial charge in [0.1, 0.15) is 0 Å². The molecule has 0 spiro atoms. The summed E-state index contributed by atoms with van der Waals surface area (Å²) in [5.41, 5.74) is 2.33. The normalized spacial score (nSPS) is 10.3. The largest absolute Gasteiger partial charge is 0.481 e. The standard InChI is InChI=1S/C15H23NO2/c1-3-11-16(12-4-2)14-8-5-13(6-9-14)7-10-15(17)18/h5-6,8-9H,3-4,7,10-12H2,1-2H3,(H,17,18). The fourth-order valence-corrected chi connectivity index (χ4v) is 2.03. The quantitative estimate of drug-likeness (QED) is 0.768. The number of carboxylic acid groups (broad SMARTS) is 1. The molecule has 0 aliphatic carbocycles. The molecular formula is C15H23NO2. The van der Waals surface area contributed by atoms with Crippen molar-refractivity contribution in [3.8, 4) is 0 Å². The highest BCUT2D eigenvalue weighted by molar-refractivity contribution is 5.67. The predicted octanol–water partition coefficient (Wildman–Crippen LogP) is 3.33. The van der Waals surface area contributed by atoms with Crippen molar-refractivity contribution in [2.45, 2.75) is 39.5 Å². The second-order valence-corrected chi connectivity index (χ2v) is 4.55. The molecule has 0 heterocycles. The summed E-state index contributed by atoms with van der Waals surface area (Å²) in [6.07, 6.45) is 3.09. The summed E-state index contributed by atoms with van der Waals surface area (Å²) in [6, 6.07) is 8.28. The van der Waals surface area contributed by atoms with E-state index in [1.807, 2.05) is 12.1 Å². The van der Waals surface area contributed by atoms with Crippen LogP contribution in [-0.2, 0) is 11.2 Å². The Balaban J connectivity index is 2.64. The number of nitrogens with zero attached hydrogens (tertiary/aromatic N) is 1. The summed E-state index contributed by atoms with van der Waals surface area (Å²) in [6.45, 7) is 6.51. The van der Waals surface area contributed by atoms with Crippen molar-refractivity contribution < 1.29 is 9.90 Å². The topological polar surface area (TPSA) is 40.5 Å².